The molecule has 0 aliphatic carbocycles. The van der Waals surface area contributed by atoms with Gasteiger partial charge in [0.1, 0.15) is 0 Å². The largest absolute Gasteiger partial charge is 0.465 e. The van der Waals surface area contributed by atoms with Crippen LogP contribution in [0, 0.1) is 0 Å². The fourth-order valence-corrected chi connectivity index (χ4v) is 1.88. The van der Waals surface area contributed by atoms with Crippen molar-refractivity contribution in [2.24, 2.45) is 0 Å². The molecule has 0 radical (unpaired) electrons. The second kappa shape index (κ2) is 6.85. The minimum Gasteiger partial charge on any atom is -0.465 e. The molecule has 6 nitrogen and oxygen atoms in total. The van der Waals surface area contributed by atoms with Gasteiger partial charge in [-0.15, -0.1) is 0 Å². The normalized spacial score (nSPS) is 9.95. The van der Waals surface area contributed by atoms with Gasteiger partial charge in [-0.05, 0) is 46.3 Å². The Kier molecular flexibility index (Phi) is 4.89. The molecular weight excluding hydrogens is 338 g/mol. The molecule has 0 fully saturated rings. The maximum atomic E-state index is 12.0. The molecule has 0 spiro atoms. The quantitative estimate of drug-likeness (QED) is 0.791. The topological polar surface area (TPSA) is 91.3 Å². The number of anilines is 1. The number of carboxylic acid groups (broad SMARTS) is 1. The average molecular weight is 350 g/mol. The molecule has 2 aromatic rings. The first-order chi connectivity index (χ1) is 10.0. The van der Waals surface area contributed by atoms with Crippen LogP contribution < -0.4 is 10.6 Å². The number of benzene rings is 1. The van der Waals surface area contributed by atoms with Crippen LogP contribution in [0.5, 0.6) is 0 Å². The van der Waals surface area contributed by atoms with E-state index in [1.165, 1.54) is 6.07 Å². The number of hydrogen-bond donors (Lipinski definition) is 3. The van der Waals surface area contributed by atoms with E-state index in [0.29, 0.717) is 17.8 Å². The Bertz CT molecular complexity index is 659. The summed E-state index contributed by atoms with van der Waals surface area (Å²) in [5.41, 5.74) is 1.45. The lowest BCUT2D eigenvalue weighted by Gasteiger charge is -2.07. The van der Waals surface area contributed by atoms with Crippen LogP contribution in [0.3, 0.4) is 0 Å². The number of hydrogen-bond acceptors (Lipinski definition) is 3. The first-order valence-electron chi connectivity index (χ1n) is 6.03. The van der Waals surface area contributed by atoms with Gasteiger partial charge in [-0.1, -0.05) is 6.07 Å². The minimum absolute atomic E-state index is 0.294. The van der Waals surface area contributed by atoms with E-state index >= 15 is 0 Å². The van der Waals surface area contributed by atoms with Crippen LogP contribution in [-0.4, -0.2) is 22.1 Å². The molecular formula is C14H12BrN3O3. The molecule has 2 amide bonds. The molecule has 0 aliphatic heterocycles. The molecule has 108 valence electrons. The van der Waals surface area contributed by atoms with E-state index in [0.717, 1.165) is 10.2 Å². The molecule has 0 aliphatic rings. The predicted octanol–water partition coefficient (Wildman–Crippen LogP) is 2.86. The van der Waals surface area contributed by atoms with Gasteiger partial charge in [0.15, 0.2) is 0 Å². The van der Waals surface area contributed by atoms with Crippen molar-refractivity contribution in [3.05, 3.63) is 58.3 Å². The van der Waals surface area contributed by atoms with Crippen molar-refractivity contribution < 1.29 is 14.7 Å². The van der Waals surface area contributed by atoms with Gasteiger partial charge in [0.25, 0.3) is 5.91 Å². The Morgan fingerprint density at radius 1 is 1.24 bits per heavy atom. The number of amides is 2. The third-order valence-electron chi connectivity index (χ3n) is 2.59. The maximum Gasteiger partial charge on any atom is 0.409 e. The Hall–Kier alpha value is -2.41. The highest BCUT2D eigenvalue weighted by molar-refractivity contribution is 9.10. The molecule has 1 aromatic heterocycles. The number of carbonyl (C=O) groups is 2. The van der Waals surface area contributed by atoms with E-state index in [1.54, 1.807) is 30.5 Å². The monoisotopic (exact) mass is 349 g/mol. The van der Waals surface area contributed by atoms with E-state index in [4.69, 9.17) is 5.11 Å². The molecule has 0 saturated carbocycles. The van der Waals surface area contributed by atoms with Crippen molar-refractivity contribution in [2.75, 3.05) is 5.32 Å². The van der Waals surface area contributed by atoms with E-state index in [2.05, 4.69) is 31.5 Å². The van der Waals surface area contributed by atoms with Crippen molar-refractivity contribution in [2.45, 2.75) is 6.54 Å². The molecule has 1 aromatic carbocycles. The predicted molar refractivity (Wildman–Crippen MR) is 81.2 cm³/mol. The second-order valence-electron chi connectivity index (χ2n) is 4.16. The van der Waals surface area contributed by atoms with Gasteiger partial charge in [0.2, 0.25) is 0 Å². The summed E-state index contributed by atoms with van der Waals surface area (Å²) in [7, 11) is 0. The maximum absolute atomic E-state index is 12.0. The molecule has 0 bridgehead atoms. The highest BCUT2D eigenvalue weighted by atomic mass is 79.9. The zero-order chi connectivity index (χ0) is 15.2. The molecule has 3 N–H and O–H groups in total. The molecule has 0 saturated heterocycles. The third kappa shape index (κ3) is 4.57. The summed E-state index contributed by atoms with van der Waals surface area (Å²) < 4.78 is 0.866. The van der Waals surface area contributed by atoms with Gasteiger partial charge in [-0.3, -0.25) is 15.1 Å². The smallest absolute Gasteiger partial charge is 0.409 e. The molecule has 0 unspecified atom stereocenters. The van der Waals surface area contributed by atoms with Crippen molar-refractivity contribution in [3.8, 4) is 0 Å². The number of aromatic nitrogens is 1. The van der Waals surface area contributed by atoms with Gasteiger partial charge in [0.05, 0.1) is 12.2 Å². The SMILES string of the molecule is O=C(O)Nc1cccc(C(=O)NCc2ccc(Br)cn2)c1. The summed E-state index contributed by atoms with van der Waals surface area (Å²) in [6.45, 7) is 0.294. The van der Waals surface area contributed by atoms with E-state index in [9.17, 15) is 9.59 Å². The fourth-order valence-electron chi connectivity index (χ4n) is 1.65. The Labute approximate surface area is 129 Å². The van der Waals surface area contributed by atoms with Gasteiger partial charge in [-0.2, -0.15) is 0 Å². The Balaban J connectivity index is 1.99. The number of nitrogens with one attached hydrogen (secondary N) is 2. The average Bonchev–Trinajstić information content (AvgIpc) is 2.46. The lowest BCUT2D eigenvalue weighted by atomic mass is 10.2. The lowest BCUT2D eigenvalue weighted by molar-refractivity contribution is 0.0950. The van der Waals surface area contributed by atoms with Gasteiger partial charge < -0.3 is 10.4 Å². The summed E-state index contributed by atoms with van der Waals surface area (Å²) in [6.07, 6.45) is 0.477. The first kappa shape index (κ1) is 15.0. The van der Waals surface area contributed by atoms with Crippen molar-refractivity contribution in [1.29, 1.82) is 0 Å². The summed E-state index contributed by atoms with van der Waals surface area (Å²) >= 11 is 3.28. The van der Waals surface area contributed by atoms with Crippen LogP contribution in [0.2, 0.25) is 0 Å². The zero-order valence-corrected chi connectivity index (χ0v) is 12.4. The van der Waals surface area contributed by atoms with Crippen molar-refractivity contribution in [3.63, 3.8) is 0 Å². The van der Waals surface area contributed by atoms with Gasteiger partial charge >= 0.3 is 6.09 Å². The standard InChI is InChI=1S/C14H12BrN3O3/c15-10-4-5-12(16-7-10)8-17-13(19)9-2-1-3-11(6-9)18-14(20)21/h1-7,18H,8H2,(H,17,19)(H,20,21). The van der Waals surface area contributed by atoms with Crippen LogP contribution in [0.1, 0.15) is 16.1 Å². The third-order valence-corrected chi connectivity index (χ3v) is 3.06. The van der Waals surface area contributed by atoms with Crippen LogP contribution >= 0.6 is 15.9 Å². The number of halogens is 1. The van der Waals surface area contributed by atoms with Crippen LogP contribution in [0.15, 0.2) is 47.1 Å². The van der Waals surface area contributed by atoms with Crippen LogP contribution in [-0.2, 0) is 6.54 Å². The fraction of sp³-hybridized carbons (Fsp3) is 0.0714. The van der Waals surface area contributed by atoms with E-state index in [1.807, 2.05) is 6.07 Å². The first-order valence-corrected chi connectivity index (χ1v) is 6.82. The number of carbonyl (C=O) groups excluding carboxylic acids is 1. The summed E-state index contributed by atoms with van der Waals surface area (Å²) in [5.74, 6) is -0.297. The van der Waals surface area contributed by atoms with E-state index < -0.39 is 6.09 Å². The van der Waals surface area contributed by atoms with Crippen LogP contribution in [0.25, 0.3) is 0 Å². The summed E-state index contributed by atoms with van der Waals surface area (Å²) in [5, 5.41) is 13.6. The molecule has 2 rings (SSSR count). The minimum atomic E-state index is -1.17. The molecule has 1 heterocycles. The molecule has 0 atom stereocenters. The van der Waals surface area contributed by atoms with Gasteiger partial charge in [0, 0.05) is 21.9 Å². The number of nitrogens with zero attached hydrogens (tertiary/aromatic N) is 1. The zero-order valence-electron chi connectivity index (χ0n) is 10.8. The molecule has 21 heavy (non-hydrogen) atoms. The summed E-state index contributed by atoms with van der Waals surface area (Å²) in [4.78, 5) is 26.7. The number of pyridine rings is 1. The molecule has 7 heteroatoms. The Morgan fingerprint density at radius 2 is 2.05 bits per heavy atom. The van der Waals surface area contributed by atoms with Crippen molar-refractivity contribution in [1.82, 2.24) is 10.3 Å². The number of rotatable bonds is 4. The summed E-state index contributed by atoms with van der Waals surface area (Å²) in [6, 6.07) is 9.90. The van der Waals surface area contributed by atoms with Crippen LogP contribution in [0.4, 0.5) is 10.5 Å². The van der Waals surface area contributed by atoms with Gasteiger partial charge in [-0.25, -0.2) is 4.79 Å². The highest BCUT2D eigenvalue weighted by Crippen LogP contribution is 2.11. The highest BCUT2D eigenvalue weighted by Gasteiger charge is 2.07. The van der Waals surface area contributed by atoms with E-state index in [-0.39, 0.29) is 5.91 Å². The Morgan fingerprint density at radius 3 is 2.71 bits per heavy atom. The second-order valence-corrected chi connectivity index (χ2v) is 5.08. The lowest BCUT2D eigenvalue weighted by Crippen LogP contribution is -2.23. The van der Waals surface area contributed by atoms with Crippen molar-refractivity contribution >= 4 is 33.6 Å².